The zero-order valence-corrected chi connectivity index (χ0v) is 15.9. The smallest absolute Gasteiger partial charge is 0.475 e. The van der Waals surface area contributed by atoms with E-state index in [9.17, 15) is 13.2 Å². The number of halogens is 3. The molecule has 2 aromatic rings. The Bertz CT molecular complexity index is 732. The Morgan fingerprint density at radius 2 is 2.15 bits per heavy atom. The van der Waals surface area contributed by atoms with E-state index in [1.807, 2.05) is 24.5 Å². The normalized spacial score (nSPS) is 17.1. The number of rotatable bonds is 5. The van der Waals surface area contributed by atoms with E-state index >= 15 is 0 Å². The summed E-state index contributed by atoms with van der Waals surface area (Å²) in [6.07, 6.45) is -3.11. The number of imidazole rings is 1. The molecule has 0 radical (unpaired) electrons. The van der Waals surface area contributed by atoms with Crippen molar-refractivity contribution in [2.24, 2.45) is 0 Å². The van der Waals surface area contributed by atoms with Crippen LogP contribution in [0.1, 0.15) is 36.3 Å². The van der Waals surface area contributed by atoms with Gasteiger partial charge in [0.15, 0.2) is 0 Å². The van der Waals surface area contributed by atoms with Gasteiger partial charge in [-0.05, 0) is 25.3 Å². The molecule has 1 aliphatic heterocycles. The number of aliphatic carboxylic acids is 1. The zero-order valence-electron chi connectivity index (χ0n) is 15.1. The van der Waals surface area contributed by atoms with Crippen LogP contribution in [0, 0.1) is 0 Å². The number of hydrogen-bond acceptors (Lipinski definition) is 5. The maximum absolute atomic E-state index is 10.6. The summed E-state index contributed by atoms with van der Waals surface area (Å²) in [6.45, 7) is 8.79. The van der Waals surface area contributed by atoms with Gasteiger partial charge in [-0.2, -0.15) is 13.2 Å². The van der Waals surface area contributed by atoms with Crippen LogP contribution in [-0.2, 0) is 29.2 Å². The number of carboxylic acid groups (broad SMARTS) is 1. The Kier molecular flexibility index (Phi) is 7.40. The predicted octanol–water partition coefficient (Wildman–Crippen LogP) is 3.69. The molecule has 3 heterocycles. The van der Waals surface area contributed by atoms with E-state index in [2.05, 4.69) is 38.9 Å². The number of thiophene rings is 1. The van der Waals surface area contributed by atoms with Crippen LogP contribution in [0.2, 0.25) is 0 Å². The van der Waals surface area contributed by atoms with Gasteiger partial charge in [0, 0.05) is 31.1 Å². The number of hydrogen-bond donors (Lipinski definition) is 1. The Hall–Kier alpha value is -1.91. The second kappa shape index (κ2) is 9.34. The Balaban J connectivity index is 0.000000321. The molecule has 2 aromatic heterocycles. The summed E-state index contributed by atoms with van der Waals surface area (Å²) in [5.41, 5.74) is 1.20. The average molecular weight is 405 g/mol. The minimum atomic E-state index is -5.08. The van der Waals surface area contributed by atoms with Crippen molar-refractivity contribution in [3.8, 4) is 0 Å². The highest BCUT2D eigenvalue weighted by atomic mass is 32.1. The summed E-state index contributed by atoms with van der Waals surface area (Å²) >= 11 is 1.83. The third-order valence-electron chi connectivity index (χ3n) is 4.14. The van der Waals surface area contributed by atoms with Crippen LogP contribution < -0.4 is 0 Å². The standard InChI is InChI=1S/C15H21N3OS.C2HF3O2/c1-3-19-11-13-9-16-15-12(2)17(6-7-18(13)15)10-14-5-4-8-20-14;3-2(4,5)1(6)7/h4-5,8-9,12H,3,6-7,10-11H2,1-2H3;(H,6,7). The van der Waals surface area contributed by atoms with E-state index in [4.69, 9.17) is 14.6 Å². The average Bonchev–Trinajstić information content (AvgIpc) is 3.25. The molecule has 150 valence electrons. The Morgan fingerprint density at radius 1 is 1.44 bits per heavy atom. The molecule has 0 aliphatic carbocycles. The molecule has 27 heavy (non-hydrogen) atoms. The molecule has 1 atom stereocenters. The number of ether oxygens (including phenoxy) is 1. The van der Waals surface area contributed by atoms with Gasteiger partial charge in [-0.1, -0.05) is 6.07 Å². The van der Waals surface area contributed by atoms with E-state index in [1.165, 1.54) is 16.4 Å². The van der Waals surface area contributed by atoms with Gasteiger partial charge in [0.25, 0.3) is 0 Å². The molecule has 0 amide bonds. The second-order valence-electron chi connectivity index (χ2n) is 5.93. The number of alkyl halides is 3. The quantitative estimate of drug-likeness (QED) is 0.822. The van der Waals surface area contributed by atoms with Crippen LogP contribution in [0.4, 0.5) is 13.2 Å². The number of nitrogens with zero attached hydrogens (tertiary/aromatic N) is 3. The SMILES string of the molecule is CCOCc1cnc2n1CCN(Cc1cccs1)C2C.O=C(O)C(F)(F)F. The van der Waals surface area contributed by atoms with Crippen molar-refractivity contribution in [1.82, 2.24) is 14.5 Å². The molecular formula is C17H22F3N3O3S. The van der Waals surface area contributed by atoms with Crippen molar-refractivity contribution >= 4 is 17.3 Å². The molecule has 0 aromatic carbocycles. The molecule has 3 rings (SSSR count). The molecule has 1 aliphatic rings. The van der Waals surface area contributed by atoms with Gasteiger partial charge in [0.2, 0.25) is 0 Å². The molecule has 0 bridgehead atoms. The lowest BCUT2D eigenvalue weighted by Gasteiger charge is -2.34. The van der Waals surface area contributed by atoms with E-state index in [1.54, 1.807) is 0 Å². The molecule has 1 N–H and O–H groups in total. The van der Waals surface area contributed by atoms with Crippen molar-refractivity contribution in [3.05, 3.63) is 40.1 Å². The fourth-order valence-corrected chi connectivity index (χ4v) is 3.47. The maximum atomic E-state index is 10.6. The number of aromatic nitrogens is 2. The van der Waals surface area contributed by atoms with Gasteiger partial charge < -0.3 is 14.4 Å². The first-order valence-corrected chi connectivity index (χ1v) is 9.30. The van der Waals surface area contributed by atoms with E-state index < -0.39 is 12.1 Å². The van der Waals surface area contributed by atoms with Gasteiger partial charge in [-0.25, -0.2) is 9.78 Å². The number of carboxylic acids is 1. The van der Waals surface area contributed by atoms with Crippen molar-refractivity contribution in [3.63, 3.8) is 0 Å². The molecule has 0 fully saturated rings. The lowest BCUT2D eigenvalue weighted by atomic mass is 10.2. The Labute approximate surface area is 159 Å². The molecule has 6 nitrogen and oxygen atoms in total. The number of carbonyl (C=O) groups is 1. The highest BCUT2D eigenvalue weighted by Gasteiger charge is 2.38. The van der Waals surface area contributed by atoms with Crippen LogP contribution in [0.5, 0.6) is 0 Å². The van der Waals surface area contributed by atoms with Crippen molar-refractivity contribution in [2.75, 3.05) is 13.2 Å². The van der Waals surface area contributed by atoms with Gasteiger partial charge in [0.05, 0.1) is 24.5 Å². The maximum Gasteiger partial charge on any atom is 0.490 e. The highest BCUT2D eigenvalue weighted by molar-refractivity contribution is 7.09. The van der Waals surface area contributed by atoms with Crippen LogP contribution >= 0.6 is 11.3 Å². The summed E-state index contributed by atoms with van der Waals surface area (Å²) < 4.78 is 39.6. The largest absolute Gasteiger partial charge is 0.490 e. The van der Waals surface area contributed by atoms with Crippen LogP contribution in [-0.4, -0.2) is 44.9 Å². The minimum Gasteiger partial charge on any atom is -0.475 e. The molecule has 0 saturated carbocycles. The lowest BCUT2D eigenvalue weighted by molar-refractivity contribution is -0.192. The summed E-state index contributed by atoms with van der Waals surface area (Å²) in [6, 6.07) is 4.69. The topological polar surface area (TPSA) is 67.6 Å². The predicted molar refractivity (Wildman–Crippen MR) is 94.4 cm³/mol. The number of fused-ring (bicyclic) bond motifs is 1. The molecule has 0 saturated heterocycles. The van der Waals surface area contributed by atoms with E-state index in [0.29, 0.717) is 12.6 Å². The van der Waals surface area contributed by atoms with Gasteiger partial charge in [-0.3, -0.25) is 4.90 Å². The van der Waals surface area contributed by atoms with Crippen LogP contribution in [0.3, 0.4) is 0 Å². The summed E-state index contributed by atoms with van der Waals surface area (Å²) in [5.74, 6) is -1.59. The van der Waals surface area contributed by atoms with Gasteiger partial charge >= 0.3 is 12.1 Å². The first kappa shape index (κ1) is 21.4. The van der Waals surface area contributed by atoms with Crippen molar-refractivity contribution < 1.29 is 27.8 Å². The van der Waals surface area contributed by atoms with Gasteiger partial charge in [-0.15, -0.1) is 11.3 Å². The fourth-order valence-electron chi connectivity index (χ4n) is 2.74. The van der Waals surface area contributed by atoms with E-state index in [-0.39, 0.29) is 0 Å². The third kappa shape index (κ3) is 5.78. The summed E-state index contributed by atoms with van der Waals surface area (Å²) in [5, 5.41) is 9.27. The zero-order chi connectivity index (χ0) is 20.0. The summed E-state index contributed by atoms with van der Waals surface area (Å²) in [4.78, 5) is 17.4. The molecule has 1 unspecified atom stereocenters. The molecular weight excluding hydrogens is 383 g/mol. The second-order valence-corrected chi connectivity index (χ2v) is 6.96. The monoisotopic (exact) mass is 405 g/mol. The van der Waals surface area contributed by atoms with Crippen molar-refractivity contribution in [2.45, 2.75) is 45.8 Å². The first-order valence-electron chi connectivity index (χ1n) is 8.42. The highest BCUT2D eigenvalue weighted by Crippen LogP contribution is 2.27. The van der Waals surface area contributed by atoms with Crippen LogP contribution in [0.15, 0.2) is 23.7 Å². The third-order valence-corrected chi connectivity index (χ3v) is 5.00. The van der Waals surface area contributed by atoms with Crippen molar-refractivity contribution in [1.29, 1.82) is 0 Å². The molecule has 0 spiro atoms. The molecule has 10 heteroatoms. The van der Waals surface area contributed by atoms with Gasteiger partial charge in [0.1, 0.15) is 5.82 Å². The lowest BCUT2D eigenvalue weighted by Crippen LogP contribution is -2.36. The fraction of sp³-hybridized carbons (Fsp3) is 0.529. The van der Waals surface area contributed by atoms with Crippen LogP contribution in [0.25, 0.3) is 0 Å². The van der Waals surface area contributed by atoms with E-state index in [0.717, 1.165) is 26.2 Å². The Morgan fingerprint density at radius 3 is 2.70 bits per heavy atom. The minimum absolute atomic E-state index is 0.362. The summed E-state index contributed by atoms with van der Waals surface area (Å²) in [7, 11) is 0. The first-order chi connectivity index (χ1) is 12.7.